The maximum atomic E-state index is 14.1. The molecule has 2 aromatic carbocycles. The van der Waals surface area contributed by atoms with E-state index in [0.717, 1.165) is 39.9 Å². The molecule has 200 valence electrons. The lowest BCUT2D eigenvalue weighted by Gasteiger charge is -2.35. The molecule has 0 heterocycles. The van der Waals surface area contributed by atoms with Crippen molar-refractivity contribution in [2.24, 2.45) is 5.92 Å². The molecule has 3 amide bonds. The summed E-state index contributed by atoms with van der Waals surface area (Å²) in [6, 6.07) is 9.85. The molecule has 0 radical (unpaired) electrons. The number of alkyl carbamates (subject to hydrolysis) is 1. The van der Waals surface area contributed by atoms with Crippen LogP contribution < -0.4 is 10.6 Å². The van der Waals surface area contributed by atoms with Crippen LogP contribution in [-0.2, 0) is 14.3 Å². The van der Waals surface area contributed by atoms with E-state index in [1.807, 2.05) is 64.1 Å². The van der Waals surface area contributed by atoms with Gasteiger partial charge in [-0.1, -0.05) is 43.3 Å². The molecule has 7 heteroatoms. The second-order valence-corrected chi connectivity index (χ2v) is 11.3. The molecule has 7 nitrogen and oxygen atoms in total. The van der Waals surface area contributed by atoms with Crippen LogP contribution in [0.1, 0.15) is 74.9 Å². The first-order valence-corrected chi connectivity index (χ1v) is 13.0. The van der Waals surface area contributed by atoms with Gasteiger partial charge in [-0.25, -0.2) is 4.79 Å². The highest BCUT2D eigenvalue weighted by Gasteiger charge is 2.48. The minimum Gasteiger partial charge on any atom is -0.444 e. The summed E-state index contributed by atoms with van der Waals surface area (Å²) in [4.78, 5) is 42.2. The quantitative estimate of drug-likeness (QED) is 0.499. The van der Waals surface area contributed by atoms with Crippen molar-refractivity contribution in [2.45, 2.75) is 92.5 Å². The number of ether oxygens (including phenoxy) is 1. The average Bonchev–Trinajstić information content (AvgIpc) is 3.50. The number of carbonyl (C=O) groups is 3. The van der Waals surface area contributed by atoms with Crippen molar-refractivity contribution < 1.29 is 19.1 Å². The van der Waals surface area contributed by atoms with Gasteiger partial charge in [-0.05, 0) is 95.5 Å². The molecule has 1 fully saturated rings. The number of nitrogens with zero attached hydrogens (tertiary/aromatic N) is 1. The molecule has 2 N–H and O–H groups in total. The van der Waals surface area contributed by atoms with Crippen LogP contribution in [0.2, 0.25) is 0 Å². The number of nitrogens with one attached hydrogen (secondary N) is 2. The van der Waals surface area contributed by atoms with Gasteiger partial charge in [0.2, 0.25) is 5.91 Å². The number of para-hydroxylation sites is 1. The summed E-state index contributed by atoms with van der Waals surface area (Å²) in [5, 5.41) is 5.79. The molecule has 37 heavy (non-hydrogen) atoms. The number of carbonyl (C=O) groups excluding carboxylic acids is 3. The molecule has 1 saturated carbocycles. The van der Waals surface area contributed by atoms with Gasteiger partial charge < -0.3 is 20.3 Å². The molecular formula is C30H41N3O4. The van der Waals surface area contributed by atoms with Crippen LogP contribution in [0.25, 0.3) is 0 Å². The zero-order chi connectivity index (χ0) is 27.7. The molecule has 0 saturated heterocycles. The molecule has 0 aliphatic heterocycles. The molecule has 0 spiro atoms. The summed E-state index contributed by atoms with van der Waals surface area (Å²) in [5.41, 5.74) is 4.74. The van der Waals surface area contributed by atoms with Gasteiger partial charge in [-0.3, -0.25) is 9.59 Å². The predicted octanol–water partition coefficient (Wildman–Crippen LogP) is 5.75. The Morgan fingerprint density at radius 3 is 2.05 bits per heavy atom. The van der Waals surface area contributed by atoms with Crippen LogP contribution >= 0.6 is 0 Å². The summed E-state index contributed by atoms with van der Waals surface area (Å²) in [5.74, 6) is -0.343. The minimum absolute atomic E-state index is 0.107. The zero-order valence-corrected chi connectivity index (χ0v) is 23.6. The third-order valence-electron chi connectivity index (χ3n) is 6.98. The highest BCUT2D eigenvalue weighted by Crippen LogP contribution is 2.42. The van der Waals surface area contributed by atoms with Crippen LogP contribution in [0.15, 0.2) is 36.4 Å². The summed E-state index contributed by atoms with van der Waals surface area (Å²) < 4.78 is 5.37. The SMILES string of the molecule is Cc1cccc(C(C(=O)Nc2c(C)cccc2C)N(C(=O)C(C)NC(=O)OC(C)(C)C)C2CC2C)c1C. The highest BCUT2D eigenvalue weighted by molar-refractivity contribution is 6.00. The van der Waals surface area contributed by atoms with E-state index in [2.05, 4.69) is 17.6 Å². The Hall–Kier alpha value is -3.35. The molecule has 1 aliphatic carbocycles. The van der Waals surface area contributed by atoms with Crippen LogP contribution in [0.3, 0.4) is 0 Å². The van der Waals surface area contributed by atoms with Gasteiger partial charge in [-0.2, -0.15) is 0 Å². The van der Waals surface area contributed by atoms with E-state index in [4.69, 9.17) is 4.74 Å². The number of aryl methyl sites for hydroxylation is 3. The van der Waals surface area contributed by atoms with Gasteiger partial charge >= 0.3 is 6.09 Å². The van der Waals surface area contributed by atoms with E-state index in [0.29, 0.717) is 0 Å². The highest BCUT2D eigenvalue weighted by atomic mass is 16.6. The Balaban J connectivity index is 2.03. The maximum absolute atomic E-state index is 14.1. The Labute approximate surface area is 221 Å². The minimum atomic E-state index is -0.872. The maximum Gasteiger partial charge on any atom is 0.408 e. The monoisotopic (exact) mass is 507 g/mol. The Morgan fingerprint density at radius 2 is 1.51 bits per heavy atom. The third-order valence-corrected chi connectivity index (χ3v) is 6.98. The number of rotatable bonds is 7. The van der Waals surface area contributed by atoms with Crippen molar-refractivity contribution in [3.05, 3.63) is 64.2 Å². The second-order valence-electron chi connectivity index (χ2n) is 11.3. The van der Waals surface area contributed by atoms with E-state index in [1.165, 1.54) is 0 Å². The van der Waals surface area contributed by atoms with Crippen molar-refractivity contribution in [2.75, 3.05) is 5.32 Å². The number of benzene rings is 2. The van der Waals surface area contributed by atoms with E-state index in [9.17, 15) is 14.4 Å². The van der Waals surface area contributed by atoms with Crippen LogP contribution in [0, 0.1) is 33.6 Å². The first kappa shape index (κ1) is 28.2. The normalized spacial score (nSPS) is 18.4. The van der Waals surface area contributed by atoms with Crippen molar-refractivity contribution in [1.29, 1.82) is 0 Å². The fourth-order valence-corrected chi connectivity index (χ4v) is 4.63. The van der Waals surface area contributed by atoms with E-state index in [-0.39, 0.29) is 23.8 Å². The molecule has 3 rings (SSSR count). The summed E-state index contributed by atoms with van der Waals surface area (Å²) >= 11 is 0. The molecular weight excluding hydrogens is 466 g/mol. The third kappa shape index (κ3) is 6.70. The number of amides is 3. The van der Waals surface area contributed by atoms with Gasteiger partial charge in [0.15, 0.2) is 0 Å². The van der Waals surface area contributed by atoms with Gasteiger partial charge in [0, 0.05) is 11.7 Å². The number of hydrogen-bond acceptors (Lipinski definition) is 4. The molecule has 4 atom stereocenters. The number of hydrogen-bond donors (Lipinski definition) is 2. The van der Waals surface area contributed by atoms with E-state index < -0.39 is 23.8 Å². The summed E-state index contributed by atoms with van der Waals surface area (Å²) in [6.45, 7) is 16.9. The predicted molar refractivity (Wildman–Crippen MR) is 146 cm³/mol. The summed E-state index contributed by atoms with van der Waals surface area (Å²) in [6.07, 6.45) is 0.128. The fraction of sp³-hybridized carbons (Fsp3) is 0.500. The van der Waals surface area contributed by atoms with E-state index in [1.54, 1.807) is 32.6 Å². The Kier molecular flexibility index (Phi) is 8.35. The van der Waals surface area contributed by atoms with Gasteiger partial charge in [0.25, 0.3) is 5.91 Å². The molecule has 4 unspecified atom stereocenters. The van der Waals surface area contributed by atoms with Crippen LogP contribution in [0.5, 0.6) is 0 Å². The van der Waals surface area contributed by atoms with Crippen molar-refractivity contribution in [3.63, 3.8) is 0 Å². The molecule has 2 aromatic rings. The molecule has 1 aliphatic rings. The lowest BCUT2D eigenvalue weighted by molar-refractivity contribution is -0.141. The smallest absolute Gasteiger partial charge is 0.408 e. The Morgan fingerprint density at radius 1 is 0.973 bits per heavy atom. The largest absolute Gasteiger partial charge is 0.444 e. The van der Waals surface area contributed by atoms with Gasteiger partial charge in [-0.15, -0.1) is 0 Å². The lowest BCUT2D eigenvalue weighted by atomic mass is 9.94. The van der Waals surface area contributed by atoms with Crippen LogP contribution in [-0.4, -0.2) is 40.5 Å². The van der Waals surface area contributed by atoms with Gasteiger partial charge in [0.1, 0.15) is 17.7 Å². The Bertz CT molecular complexity index is 1160. The van der Waals surface area contributed by atoms with Crippen molar-refractivity contribution >= 4 is 23.6 Å². The van der Waals surface area contributed by atoms with Crippen LogP contribution in [0.4, 0.5) is 10.5 Å². The summed E-state index contributed by atoms with van der Waals surface area (Å²) in [7, 11) is 0. The topological polar surface area (TPSA) is 87.7 Å². The molecule has 0 bridgehead atoms. The van der Waals surface area contributed by atoms with E-state index >= 15 is 0 Å². The standard InChI is InChI=1S/C30H41N3O4/c1-17-12-11-15-23(21(17)5)26(27(34)32-25-18(2)13-10-14-19(25)3)33(24-16-20(24)4)28(35)22(6)31-29(36)37-30(7,8)9/h10-15,20,22,24,26H,16H2,1-9H3,(H,31,36)(H,32,34). The zero-order valence-electron chi connectivity index (χ0n) is 23.6. The fourth-order valence-electron chi connectivity index (χ4n) is 4.63. The lowest BCUT2D eigenvalue weighted by Crippen LogP contribution is -2.52. The average molecular weight is 508 g/mol. The first-order valence-electron chi connectivity index (χ1n) is 13.0. The van der Waals surface area contributed by atoms with Crippen molar-refractivity contribution in [1.82, 2.24) is 10.2 Å². The molecule has 0 aromatic heterocycles. The number of anilines is 1. The van der Waals surface area contributed by atoms with Crippen molar-refractivity contribution in [3.8, 4) is 0 Å². The van der Waals surface area contributed by atoms with Gasteiger partial charge in [0.05, 0.1) is 0 Å². The second kappa shape index (κ2) is 11.0. The first-order chi connectivity index (χ1) is 17.2.